The van der Waals surface area contributed by atoms with Gasteiger partial charge in [-0.3, -0.25) is 9.78 Å². The molecule has 0 unspecified atom stereocenters. The van der Waals surface area contributed by atoms with Gasteiger partial charge in [0.25, 0.3) is 5.91 Å². The van der Waals surface area contributed by atoms with E-state index < -0.39 is 0 Å². The Labute approximate surface area is 152 Å². The van der Waals surface area contributed by atoms with E-state index in [9.17, 15) is 4.79 Å². The summed E-state index contributed by atoms with van der Waals surface area (Å²) in [7, 11) is 0. The molecule has 1 amide bonds. The molecule has 2 heterocycles. The van der Waals surface area contributed by atoms with Gasteiger partial charge >= 0.3 is 0 Å². The van der Waals surface area contributed by atoms with Gasteiger partial charge in [-0.15, -0.1) is 0 Å². The first-order valence-electron chi connectivity index (χ1n) is 8.40. The van der Waals surface area contributed by atoms with Crippen LogP contribution in [0.2, 0.25) is 0 Å². The van der Waals surface area contributed by atoms with Gasteiger partial charge in [0.1, 0.15) is 18.1 Å². The number of nitrogens with zero attached hydrogens (tertiary/aromatic N) is 2. The minimum atomic E-state index is -0.133. The molecule has 0 saturated carbocycles. The summed E-state index contributed by atoms with van der Waals surface area (Å²) in [6.45, 7) is 6.06. The molecular formula is C20H21N3O3. The molecule has 0 radical (unpaired) electrons. The number of hydrogen-bond donors (Lipinski definition) is 1. The largest absolute Gasteiger partial charge is 0.489 e. The number of nitrogens with one attached hydrogen (secondary N) is 1. The van der Waals surface area contributed by atoms with E-state index in [1.165, 1.54) is 0 Å². The molecule has 134 valence electrons. The molecule has 1 atom stereocenters. The summed E-state index contributed by atoms with van der Waals surface area (Å²) >= 11 is 0. The van der Waals surface area contributed by atoms with Gasteiger partial charge in [-0.2, -0.15) is 0 Å². The van der Waals surface area contributed by atoms with Crippen molar-refractivity contribution in [3.8, 4) is 5.75 Å². The van der Waals surface area contributed by atoms with Crippen molar-refractivity contribution in [2.24, 2.45) is 0 Å². The van der Waals surface area contributed by atoms with Crippen molar-refractivity contribution in [2.45, 2.75) is 33.4 Å². The van der Waals surface area contributed by atoms with Gasteiger partial charge in [0.15, 0.2) is 0 Å². The summed E-state index contributed by atoms with van der Waals surface area (Å²) in [4.78, 5) is 16.4. The van der Waals surface area contributed by atoms with Crippen LogP contribution in [0.15, 0.2) is 53.3 Å². The standard InChI is InChI=1S/C20H21N3O3/c1-13(16-8-10-21-11-9-16)22-20(24)17-4-6-18(7-5-17)25-12-19-14(2)23-26-15(19)3/h4-11,13H,12H2,1-3H3,(H,22,24)/t13-/m0/s1. The Morgan fingerprint density at radius 1 is 1.15 bits per heavy atom. The second kappa shape index (κ2) is 7.82. The second-order valence-corrected chi connectivity index (χ2v) is 6.09. The number of carbonyl (C=O) groups is 1. The second-order valence-electron chi connectivity index (χ2n) is 6.09. The zero-order chi connectivity index (χ0) is 18.5. The summed E-state index contributed by atoms with van der Waals surface area (Å²) in [6.07, 6.45) is 3.42. The first-order valence-corrected chi connectivity index (χ1v) is 8.40. The summed E-state index contributed by atoms with van der Waals surface area (Å²) < 4.78 is 10.9. The molecule has 26 heavy (non-hydrogen) atoms. The number of pyridine rings is 1. The van der Waals surface area contributed by atoms with E-state index in [0.29, 0.717) is 17.9 Å². The molecule has 0 aliphatic heterocycles. The van der Waals surface area contributed by atoms with E-state index in [0.717, 1.165) is 22.6 Å². The minimum absolute atomic E-state index is 0.0963. The number of benzene rings is 1. The van der Waals surface area contributed by atoms with Gasteiger partial charge in [-0.1, -0.05) is 5.16 Å². The van der Waals surface area contributed by atoms with Gasteiger partial charge in [0.05, 0.1) is 17.3 Å². The van der Waals surface area contributed by atoms with Crippen molar-refractivity contribution < 1.29 is 14.1 Å². The molecule has 0 aliphatic rings. The van der Waals surface area contributed by atoms with Gasteiger partial charge in [0.2, 0.25) is 0 Å². The molecule has 0 bridgehead atoms. The summed E-state index contributed by atoms with van der Waals surface area (Å²) in [5, 5.41) is 6.88. The van der Waals surface area contributed by atoms with E-state index in [2.05, 4.69) is 15.5 Å². The van der Waals surface area contributed by atoms with Gasteiger partial charge in [0, 0.05) is 18.0 Å². The predicted molar refractivity (Wildman–Crippen MR) is 96.9 cm³/mol. The highest BCUT2D eigenvalue weighted by molar-refractivity contribution is 5.94. The third-order valence-corrected chi connectivity index (χ3v) is 4.23. The summed E-state index contributed by atoms with van der Waals surface area (Å²) in [5.74, 6) is 1.30. The Bertz CT molecular complexity index is 854. The van der Waals surface area contributed by atoms with Crippen LogP contribution >= 0.6 is 0 Å². The molecule has 3 rings (SSSR count). The van der Waals surface area contributed by atoms with Crippen molar-refractivity contribution in [1.29, 1.82) is 0 Å². The maximum Gasteiger partial charge on any atom is 0.251 e. The molecule has 0 aliphatic carbocycles. The number of aromatic nitrogens is 2. The monoisotopic (exact) mass is 351 g/mol. The highest BCUT2D eigenvalue weighted by Crippen LogP contribution is 2.18. The number of aryl methyl sites for hydroxylation is 2. The highest BCUT2D eigenvalue weighted by Gasteiger charge is 2.12. The molecule has 0 fully saturated rings. The molecule has 0 saturated heterocycles. The number of carbonyl (C=O) groups excluding carboxylic acids is 1. The highest BCUT2D eigenvalue weighted by atomic mass is 16.5. The first kappa shape index (κ1) is 17.7. The van der Waals surface area contributed by atoms with Crippen LogP contribution in [0.4, 0.5) is 0 Å². The maximum absolute atomic E-state index is 12.4. The Hall–Kier alpha value is -3.15. The number of amides is 1. The summed E-state index contributed by atoms with van der Waals surface area (Å²) in [5.41, 5.74) is 3.35. The van der Waals surface area contributed by atoms with Gasteiger partial charge in [-0.25, -0.2) is 0 Å². The SMILES string of the molecule is Cc1noc(C)c1COc1ccc(C(=O)N[C@@H](C)c2ccncc2)cc1. The lowest BCUT2D eigenvalue weighted by molar-refractivity contribution is 0.0940. The predicted octanol–water partition coefficient (Wildman–Crippen LogP) is 3.76. The van der Waals surface area contributed by atoms with E-state index in [-0.39, 0.29) is 11.9 Å². The van der Waals surface area contributed by atoms with Crippen LogP contribution in [0, 0.1) is 13.8 Å². The number of rotatable bonds is 6. The summed E-state index contributed by atoms with van der Waals surface area (Å²) in [6, 6.07) is 10.7. The fourth-order valence-corrected chi connectivity index (χ4v) is 2.58. The van der Waals surface area contributed by atoms with Crippen LogP contribution in [-0.4, -0.2) is 16.0 Å². The third-order valence-electron chi connectivity index (χ3n) is 4.23. The van der Waals surface area contributed by atoms with Crippen LogP contribution in [0.1, 0.15) is 45.9 Å². The molecule has 6 heteroatoms. The van der Waals surface area contributed by atoms with E-state index in [4.69, 9.17) is 9.26 Å². The first-order chi connectivity index (χ1) is 12.5. The fraction of sp³-hybridized carbons (Fsp3) is 0.250. The van der Waals surface area contributed by atoms with Crippen LogP contribution in [0.3, 0.4) is 0 Å². The molecular weight excluding hydrogens is 330 g/mol. The molecule has 1 aromatic carbocycles. The lowest BCUT2D eigenvalue weighted by Crippen LogP contribution is -2.26. The Kier molecular flexibility index (Phi) is 5.31. The van der Waals surface area contributed by atoms with Crippen LogP contribution < -0.4 is 10.1 Å². The topological polar surface area (TPSA) is 77.2 Å². The maximum atomic E-state index is 12.4. The molecule has 6 nitrogen and oxygen atoms in total. The average Bonchev–Trinajstić information content (AvgIpc) is 2.99. The van der Waals surface area contributed by atoms with Gasteiger partial charge < -0.3 is 14.6 Å². The van der Waals surface area contributed by atoms with E-state index in [1.807, 2.05) is 32.9 Å². The van der Waals surface area contributed by atoms with Crippen molar-refractivity contribution in [2.75, 3.05) is 0 Å². The quantitative estimate of drug-likeness (QED) is 0.732. The molecule has 0 spiro atoms. The molecule has 3 aromatic rings. The van der Waals surface area contributed by atoms with Crippen molar-refractivity contribution in [1.82, 2.24) is 15.5 Å². The van der Waals surface area contributed by atoms with Gasteiger partial charge in [-0.05, 0) is 62.7 Å². The van der Waals surface area contributed by atoms with Crippen LogP contribution in [0.25, 0.3) is 0 Å². The van der Waals surface area contributed by atoms with Crippen LogP contribution in [0.5, 0.6) is 5.75 Å². The lowest BCUT2D eigenvalue weighted by atomic mass is 10.1. The number of ether oxygens (including phenoxy) is 1. The average molecular weight is 351 g/mol. The Morgan fingerprint density at radius 3 is 2.46 bits per heavy atom. The normalized spacial score (nSPS) is 11.8. The van der Waals surface area contributed by atoms with Crippen molar-refractivity contribution in [3.05, 3.63) is 76.9 Å². The van der Waals surface area contributed by atoms with Crippen LogP contribution in [-0.2, 0) is 6.61 Å². The smallest absolute Gasteiger partial charge is 0.251 e. The fourth-order valence-electron chi connectivity index (χ4n) is 2.58. The molecule has 1 N–H and O–H groups in total. The van der Waals surface area contributed by atoms with E-state index in [1.54, 1.807) is 36.7 Å². The van der Waals surface area contributed by atoms with E-state index >= 15 is 0 Å². The van der Waals surface area contributed by atoms with Crippen molar-refractivity contribution in [3.63, 3.8) is 0 Å². The zero-order valence-corrected chi connectivity index (χ0v) is 15.0. The lowest BCUT2D eigenvalue weighted by Gasteiger charge is -2.14. The zero-order valence-electron chi connectivity index (χ0n) is 15.0. The minimum Gasteiger partial charge on any atom is -0.489 e. The third kappa shape index (κ3) is 4.08. The number of hydrogen-bond acceptors (Lipinski definition) is 5. The Morgan fingerprint density at radius 2 is 1.85 bits per heavy atom. The Balaban J connectivity index is 1.59. The molecule has 2 aromatic heterocycles. The van der Waals surface area contributed by atoms with Crippen molar-refractivity contribution >= 4 is 5.91 Å².